The van der Waals surface area contributed by atoms with Gasteiger partial charge in [0.2, 0.25) is 5.91 Å². The lowest BCUT2D eigenvalue weighted by atomic mass is 9.94. The van der Waals surface area contributed by atoms with Gasteiger partial charge in [-0.2, -0.15) is 13.2 Å². The first kappa shape index (κ1) is 28.4. The molecule has 1 aliphatic rings. The van der Waals surface area contributed by atoms with Crippen LogP contribution in [0.5, 0.6) is 0 Å². The highest BCUT2D eigenvalue weighted by molar-refractivity contribution is 6.06. The van der Waals surface area contributed by atoms with E-state index in [2.05, 4.69) is 10.3 Å². The molecular weight excluding hydrogens is 528 g/mol. The third kappa shape index (κ3) is 6.01. The van der Waals surface area contributed by atoms with Gasteiger partial charge in [0.1, 0.15) is 5.82 Å². The number of nitrogens with two attached hydrogens (primary N) is 2. The van der Waals surface area contributed by atoms with Gasteiger partial charge in [0.15, 0.2) is 0 Å². The van der Waals surface area contributed by atoms with Crippen LogP contribution in [0, 0.1) is 5.82 Å². The molecule has 4 rings (SSSR count). The van der Waals surface area contributed by atoms with E-state index in [9.17, 15) is 27.2 Å². The number of anilines is 1. The van der Waals surface area contributed by atoms with Crippen molar-refractivity contribution in [3.05, 3.63) is 88.9 Å². The third-order valence-electron chi connectivity index (χ3n) is 6.41. The molecule has 1 saturated heterocycles. The quantitative estimate of drug-likeness (QED) is 0.300. The highest BCUT2D eigenvalue weighted by atomic mass is 19.4. The summed E-state index contributed by atoms with van der Waals surface area (Å²) in [5.41, 5.74) is 10.3. The monoisotopic (exact) mass is 554 g/mol. The maximum atomic E-state index is 14.9. The van der Waals surface area contributed by atoms with Gasteiger partial charge in [-0.05, 0) is 30.3 Å². The molecule has 0 radical (unpaired) electrons. The highest BCUT2D eigenvalue weighted by Crippen LogP contribution is 2.36. The van der Waals surface area contributed by atoms with E-state index in [0.29, 0.717) is 30.0 Å². The Bertz CT molecular complexity index is 1480. The Balaban J connectivity index is 1.70. The molecule has 2 heterocycles. The number of hydrogen-bond donors (Lipinski definition) is 3. The Hall–Kier alpha value is -4.58. The molecule has 1 aliphatic heterocycles. The molecule has 12 heteroatoms. The Morgan fingerprint density at radius 3 is 2.45 bits per heavy atom. The Morgan fingerprint density at radius 2 is 1.82 bits per heavy atom. The molecule has 2 aromatic carbocycles. The largest absolute Gasteiger partial charge is 0.417 e. The molecule has 0 bridgehead atoms. The van der Waals surface area contributed by atoms with Gasteiger partial charge in [0, 0.05) is 54.8 Å². The number of hydrogen-bond acceptors (Lipinski definition) is 6. The van der Waals surface area contributed by atoms with E-state index < -0.39 is 34.6 Å². The lowest BCUT2D eigenvalue weighted by molar-refractivity contribution is -0.138. The Labute approximate surface area is 227 Å². The van der Waals surface area contributed by atoms with Gasteiger partial charge in [-0.25, -0.2) is 4.39 Å². The molecule has 1 fully saturated rings. The number of alkyl halides is 3. The number of pyridine rings is 1. The van der Waals surface area contributed by atoms with Crippen molar-refractivity contribution in [2.75, 3.05) is 32.0 Å². The van der Waals surface area contributed by atoms with Gasteiger partial charge >= 0.3 is 6.18 Å². The van der Waals surface area contributed by atoms with Crippen molar-refractivity contribution in [1.29, 1.82) is 0 Å². The molecule has 0 atom stereocenters. The van der Waals surface area contributed by atoms with E-state index in [-0.39, 0.29) is 35.8 Å². The Kier molecular flexibility index (Phi) is 8.29. The van der Waals surface area contributed by atoms with Crippen LogP contribution >= 0.6 is 0 Å². The van der Waals surface area contributed by atoms with Gasteiger partial charge in [0.05, 0.1) is 29.1 Å². The summed E-state index contributed by atoms with van der Waals surface area (Å²) in [7, 11) is 1.41. The lowest BCUT2D eigenvalue weighted by Crippen LogP contribution is -2.50. The van der Waals surface area contributed by atoms with Crippen molar-refractivity contribution in [2.45, 2.75) is 12.1 Å². The first-order valence-electron chi connectivity index (χ1n) is 12.2. The number of likely N-dealkylation sites (tertiary alicyclic amines) is 1. The Morgan fingerprint density at radius 1 is 1.12 bits per heavy atom. The van der Waals surface area contributed by atoms with Crippen LogP contribution in [0.2, 0.25) is 0 Å². The number of benzene rings is 2. The number of aliphatic imine (C=N–C) groups is 1. The van der Waals surface area contributed by atoms with Crippen LogP contribution in [0.1, 0.15) is 33.1 Å². The third-order valence-corrected chi connectivity index (χ3v) is 6.41. The molecule has 208 valence electrons. The molecular formula is C28H26F4N6O2. The normalized spacial score (nSPS) is 14.3. The highest BCUT2D eigenvalue weighted by Gasteiger charge is 2.36. The van der Waals surface area contributed by atoms with Gasteiger partial charge in [0.25, 0.3) is 5.91 Å². The van der Waals surface area contributed by atoms with Crippen LogP contribution in [-0.4, -0.2) is 54.6 Å². The van der Waals surface area contributed by atoms with Gasteiger partial charge in [-0.15, -0.1) is 0 Å². The molecule has 40 heavy (non-hydrogen) atoms. The van der Waals surface area contributed by atoms with E-state index in [4.69, 9.17) is 16.5 Å². The number of nitrogens with zero attached hydrogens (tertiary/aromatic N) is 3. The molecule has 5 N–H and O–H groups in total. The van der Waals surface area contributed by atoms with Crippen LogP contribution in [0.4, 0.5) is 23.2 Å². The molecule has 2 amide bonds. The SMILES string of the molecule is CN=CC=C(N)c1cc(C(=O)Nc2ccc(C3CN(C(=O)CN)C3)nc2-c2ccccc2)c(F)cc1C(F)(F)F. The van der Waals surface area contributed by atoms with Crippen LogP contribution in [0.25, 0.3) is 17.0 Å². The van der Waals surface area contributed by atoms with E-state index in [1.54, 1.807) is 47.4 Å². The van der Waals surface area contributed by atoms with E-state index in [0.717, 1.165) is 12.1 Å². The summed E-state index contributed by atoms with van der Waals surface area (Å²) in [4.78, 5) is 35.0. The fourth-order valence-corrected chi connectivity index (χ4v) is 4.27. The van der Waals surface area contributed by atoms with Crippen molar-refractivity contribution < 1.29 is 27.2 Å². The predicted octanol–water partition coefficient (Wildman–Crippen LogP) is 4.04. The van der Waals surface area contributed by atoms with Crippen LogP contribution in [0.15, 0.2) is 65.7 Å². The summed E-state index contributed by atoms with van der Waals surface area (Å²) in [6.07, 6.45) is -2.60. The van der Waals surface area contributed by atoms with Crippen molar-refractivity contribution in [1.82, 2.24) is 9.88 Å². The van der Waals surface area contributed by atoms with Crippen molar-refractivity contribution >= 4 is 29.4 Å². The number of halogens is 4. The summed E-state index contributed by atoms with van der Waals surface area (Å²) in [5.74, 6) is -2.56. The first-order chi connectivity index (χ1) is 19.0. The summed E-state index contributed by atoms with van der Waals surface area (Å²) in [5, 5.41) is 2.58. The zero-order chi connectivity index (χ0) is 29.0. The smallest absolute Gasteiger partial charge is 0.398 e. The number of carbonyl (C=O) groups is 2. The molecule has 8 nitrogen and oxygen atoms in total. The average Bonchev–Trinajstić information content (AvgIpc) is 2.91. The number of rotatable bonds is 7. The van der Waals surface area contributed by atoms with Crippen LogP contribution in [0.3, 0.4) is 0 Å². The summed E-state index contributed by atoms with van der Waals surface area (Å²) >= 11 is 0. The van der Waals surface area contributed by atoms with Crippen LogP contribution < -0.4 is 16.8 Å². The zero-order valence-corrected chi connectivity index (χ0v) is 21.4. The second-order valence-corrected chi connectivity index (χ2v) is 9.06. The van der Waals surface area contributed by atoms with E-state index in [1.165, 1.54) is 13.3 Å². The minimum absolute atomic E-state index is 0.0425. The maximum Gasteiger partial charge on any atom is 0.417 e. The molecule has 0 aliphatic carbocycles. The number of amides is 2. The van der Waals surface area contributed by atoms with Crippen molar-refractivity contribution in [3.8, 4) is 11.3 Å². The average molecular weight is 555 g/mol. The number of nitrogens with one attached hydrogen (secondary N) is 1. The van der Waals surface area contributed by atoms with Crippen molar-refractivity contribution in [3.63, 3.8) is 0 Å². The topological polar surface area (TPSA) is 127 Å². The lowest BCUT2D eigenvalue weighted by Gasteiger charge is -2.39. The maximum absolute atomic E-state index is 14.9. The molecule has 0 spiro atoms. The minimum Gasteiger partial charge on any atom is -0.398 e. The minimum atomic E-state index is -4.92. The zero-order valence-electron chi connectivity index (χ0n) is 21.4. The molecule has 3 aromatic rings. The van der Waals surface area contributed by atoms with E-state index in [1.807, 2.05) is 0 Å². The number of carbonyl (C=O) groups excluding carboxylic acids is 2. The standard InChI is InChI=1S/C28H26F4N6O2/c1-35-10-9-22(34)18-11-19(21(29)12-20(18)28(30,31)32)27(40)37-24-8-7-23(17-14-38(15-17)25(39)13-33)36-26(24)16-5-3-2-4-6-16/h2-12,17H,13-15,33-34H2,1H3,(H,37,40). The van der Waals surface area contributed by atoms with E-state index >= 15 is 0 Å². The summed E-state index contributed by atoms with van der Waals surface area (Å²) in [6, 6.07) is 13.2. The second kappa shape index (κ2) is 11.7. The summed E-state index contributed by atoms with van der Waals surface area (Å²) in [6.45, 7) is 0.802. The second-order valence-electron chi connectivity index (χ2n) is 9.06. The molecule has 0 saturated carbocycles. The summed E-state index contributed by atoms with van der Waals surface area (Å²) < 4.78 is 55.8. The van der Waals surface area contributed by atoms with Gasteiger partial charge in [-0.3, -0.25) is 19.6 Å². The van der Waals surface area contributed by atoms with Crippen LogP contribution in [-0.2, 0) is 11.0 Å². The predicted molar refractivity (Wildman–Crippen MR) is 144 cm³/mol. The van der Waals surface area contributed by atoms with Crippen molar-refractivity contribution in [2.24, 2.45) is 16.5 Å². The fourth-order valence-electron chi connectivity index (χ4n) is 4.27. The first-order valence-corrected chi connectivity index (χ1v) is 12.2. The fraction of sp³-hybridized carbons (Fsp3) is 0.214. The molecule has 0 unspecified atom stereocenters. The number of aromatic nitrogens is 1. The number of allylic oxidation sites excluding steroid dienone is 1. The van der Waals surface area contributed by atoms with Gasteiger partial charge in [-0.1, -0.05) is 30.3 Å². The van der Waals surface area contributed by atoms with Gasteiger partial charge < -0.3 is 21.7 Å². The molecule has 1 aromatic heterocycles.